The van der Waals surface area contributed by atoms with Crippen LogP contribution in [0.3, 0.4) is 0 Å². The van der Waals surface area contributed by atoms with Crippen molar-refractivity contribution in [2.24, 2.45) is 0 Å². The van der Waals surface area contributed by atoms with Crippen molar-refractivity contribution in [1.29, 1.82) is 0 Å². The second-order valence-electron chi connectivity index (χ2n) is 7.93. The largest absolute Gasteiger partial charge is 0.345 e. The molecule has 1 aromatic heterocycles. The Bertz CT molecular complexity index is 892. The fourth-order valence-electron chi connectivity index (χ4n) is 3.63. The molecule has 2 amide bonds. The lowest BCUT2D eigenvalue weighted by Gasteiger charge is -2.22. The third-order valence-corrected chi connectivity index (χ3v) is 4.79. The molecule has 6 heteroatoms. The Kier molecular flexibility index (Phi) is 4.91. The first-order valence-corrected chi connectivity index (χ1v) is 9.09. The molecule has 0 unspecified atom stereocenters. The average Bonchev–Trinajstić information content (AvgIpc) is 3.16. The Balaban J connectivity index is 1.83. The molecule has 0 radical (unpaired) electrons. The second kappa shape index (κ2) is 7.02. The highest BCUT2D eigenvalue weighted by Gasteiger charge is 2.34. The summed E-state index contributed by atoms with van der Waals surface area (Å²) in [5.41, 5.74) is 3.25. The quantitative estimate of drug-likeness (QED) is 0.817. The lowest BCUT2D eigenvalue weighted by Crippen LogP contribution is -2.44. The van der Waals surface area contributed by atoms with E-state index < -0.39 is 0 Å². The van der Waals surface area contributed by atoms with Gasteiger partial charge < -0.3 is 10.6 Å². The number of nitrogens with zero attached hydrogens (tertiary/aromatic N) is 2. The Labute approximate surface area is 159 Å². The van der Waals surface area contributed by atoms with Gasteiger partial charge in [0.05, 0.1) is 17.6 Å². The van der Waals surface area contributed by atoms with Gasteiger partial charge in [-0.3, -0.25) is 14.3 Å². The Hall–Kier alpha value is -2.89. The summed E-state index contributed by atoms with van der Waals surface area (Å²) in [6, 6.07) is 9.16. The van der Waals surface area contributed by atoms with Gasteiger partial charge in [0.15, 0.2) is 0 Å². The first-order valence-electron chi connectivity index (χ1n) is 9.09. The summed E-state index contributed by atoms with van der Waals surface area (Å²) in [5.74, 6) is -0.499. The molecule has 142 valence electrons. The van der Waals surface area contributed by atoms with Crippen LogP contribution >= 0.6 is 0 Å². The lowest BCUT2D eigenvalue weighted by atomic mass is 10.1. The van der Waals surface area contributed by atoms with Crippen LogP contribution in [0.2, 0.25) is 0 Å². The molecule has 3 rings (SSSR count). The number of fused-ring (bicyclic) bond motifs is 1. The van der Waals surface area contributed by atoms with E-state index in [1.165, 1.54) is 6.08 Å². The van der Waals surface area contributed by atoms with Gasteiger partial charge in [-0.25, -0.2) is 0 Å². The van der Waals surface area contributed by atoms with E-state index in [9.17, 15) is 9.59 Å². The number of carbonyl (C=O) groups is 2. The fraction of sp³-hybridized carbons (Fsp3) is 0.381. The normalized spacial score (nSPS) is 18.7. The first-order chi connectivity index (χ1) is 12.7. The van der Waals surface area contributed by atoms with Gasteiger partial charge in [0.2, 0.25) is 5.91 Å². The zero-order valence-electron chi connectivity index (χ0n) is 16.2. The highest BCUT2D eigenvalue weighted by Crippen LogP contribution is 2.31. The Morgan fingerprint density at radius 2 is 1.96 bits per heavy atom. The molecule has 1 aliphatic carbocycles. The van der Waals surface area contributed by atoms with Crippen LogP contribution in [0.4, 0.5) is 0 Å². The number of aromatic nitrogens is 2. The summed E-state index contributed by atoms with van der Waals surface area (Å²) in [6.07, 6.45) is 1.90. The van der Waals surface area contributed by atoms with Crippen molar-refractivity contribution in [3.05, 3.63) is 65.5 Å². The van der Waals surface area contributed by atoms with E-state index in [2.05, 4.69) is 22.3 Å². The summed E-state index contributed by atoms with van der Waals surface area (Å²) in [4.78, 5) is 24.7. The van der Waals surface area contributed by atoms with Crippen LogP contribution in [0.25, 0.3) is 0 Å². The van der Waals surface area contributed by atoms with Crippen LogP contribution in [0.5, 0.6) is 0 Å². The van der Waals surface area contributed by atoms with Crippen LogP contribution in [0, 0.1) is 6.92 Å². The number of nitrogens with one attached hydrogen (secondary N) is 2. The van der Waals surface area contributed by atoms with Crippen molar-refractivity contribution in [3.8, 4) is 0 Å². The molecular weight excluding hydrogens is 340 g/mol. The van der Waals surface area contributed by atoms with Gasteiger partial charge >= 0.3 is 0 Å². The highest BCUT2D eigenvalue weighted by atomic mass is 16.2. The molecule has 2 aromatic rings. The number of benzene rings is 1. The molecule has 0 fully saturated rings. The number of hydrogen-bond acceptors (Lipinski definition) is 3. The van der Waals surface area contributed by atoms with Gasteiger partial charge in [0.1, 0.15) is 5.69 Å². The molecule has 6 nitrogen and oxygen atoms in total. The van der Waals surface area contributed by atoms with Crippen molar-refractivity contribution in [2.75, 3.05) is 0 Å². The van der Waals surface area contributed by atoms with Gasteiger partial charge in [-0.05, 0) is 57.4 Å². The third-order valence-electron chi connectivity index (χ3n) is 4.79. The molecule has 27 heavy (non-hydrogen) atoms. The minimum Gasteiger partial charge on any atom is -0.345 e. The van der Waals surface area contributed by atoms with E-state index >= 15 is 0 Å². The SMILES string of the molecule is C=CC(=O)N[C@@H]1c2ccccc2C[C@H]1NC(=O)c1cc(C)n(C(C)(C)C)n1. The van der Waals surface area contributed by atoms with E-state index in [0.717, 1.165) is 16.8 Å². The van der Waals surface area contributed by atoms with Crippen LogP contribution in [-0.4, -0.2) is 27.6 Å². The summed E-state index contributed by atoms with van der Waals surface area (Å²) < 4.78 is 1.85. The molecule has 1 aliphatic rings. The van der Waals surface area contributed by atoms with Crippen molar-refractivity contribution in [2.45, 2.75) is 51.7 Å². The molecule has 0 saturated carbocycles. The van der Waals surface area contributed by atoms with E-state index in [1.807, 2.05) is 56.6 Å². The summed E-state index contributed by atoms with van der Waals surface area (Å²) in [6.45, 7) is 11.6. The number of amides is 2. The van der Waals surface area contributed by atoms with Crippen molar-refractivity contribution >= 4 is 11.8 Å². The number of aryl methyl sites for hydroxylation is 1. The zero-order valence-corrected chi connectivity index (χ0v) is 16.2. The first kappa shape index (κ1) is 18.9. The van der Waals surface area contributed by atoms with E-state index in [-0.39, 0.29) is 29.4 Å². The van der Waals surface area contributed by atoms with Crippen molar-refractivity contribution in [3.63, 3.8) is 0 Å². The third kappa shape index (κ3) is 3.79. The Morgan fingerprint density at radius 1 is 1.26 bits per heavy atom. The molecule has 1 heterocycles. The lowest BCUT2D eigenvalue weighted by molar-refractivity contribution is -0.117. The maximum absolute atomic E-state index is 12.8. The van der Waals surface area contributed by atoms with E-state index in [1.54, 1.807) is 6.07 Å². The maximum atomic E-state index is 12.8. The van der Waals surface area contributed by atoms with E-state index in [4.69, 9.17) is 0 Å². The molecule has 2 N–H and O–H groups in total. The molecule has 0 aliphatic heterocycles. The van der Waals surface area contributed by atoms with Crippen LogP contribution in [-0.2, 0) is 16.8 Å². The molecular formula is C21H26N4O2. The zero-order chi connectivity index (χ0) is 19.8. The van der Waals surface area contributed by atoms with Gasteiger partial charge in [0, 0.05) is 5.69 Å². The molecule has 0 spiro atoms. The van der Waals surface area contributed by atoms with Crippen LogP contribution < -0.4 is 10.6 Å². The minimum absolute atomic E-state index is 0.202. The maximum Gasteiger partial charge on any atom is 0.272 e. The van der Waals surface area contributed by atoms with Gasteiger partial charge in [-0.2, -0.15) is 5.10 Å². The number of hydrogen-bond donors (Lipinski definition) is 2. The minimum atomic E-state index is -0.290. The standard InChI is InChI=1S/C21H26N4O2/c1-6-18(26)23-19-15-10-8-7-9-14(15)12-16(19)22-20(27)17-11-13(2)25(24-17)21(3,4)5/h6-11,16,19H,1,12H2,2-5H3,(H,22,27)(H,23,26)/t16-,19-/m1/s1. The number of carbonyl (C=O) groups excluding carboxylic acids is 2. The van der Waals surface area contributed by atoms with Gasteiger partial charge in [-0.1, -0.05) is 30.8 Å². The monoisotopic (exact) mass is 366 g/mol. The van der Waals surface area contributed by atoms with Crippen LogP contribution in [0.1, 0.15) is 54.1 Å². The number of rotatable bonds is 4. The van der Waals surface area contributed by atoms with Crippen molar-refractivity contribution < 1.29 is 9.59 Å². The molecule has 2 atom stereocenters. The molecule has 0 saturated heterocycles. The van der Waals surface area contributed by atoms with Gasteiger partial charge in [0.25, 0.3) is 5.91 Å². The summed E-state index contributed by atoms with van der Waals surface area (Å²) in [7, 11) is 0. The summed E-state index contributed by atoms with van der Waals surface area (Å²) in [5, 5.41) is 10.5. The van der Waals surface area contributed by atoms with E-state index in [0.29, 0.717) is 12.1 Å². The average molecular weight is 366 g/mol. The van der Waals surface area contributed by atoms with Crippen LogP contribution in [0.15, 0.2) is 43.0 Å². The summed E-state index contributed by atoms with van der Waals surface area (Å²) >= 11 is 0. The second-order valence-corrected chi connectivity index (χ2v) is 7.93. The van der Waals surface area contributed by atoms with Gasteiger partial charge in [-0.15, -0.1) is 0 Å². The highest BCUT2D eigenvalue weighted by molar-refractivity contribution is 5.93. The van der Waals surface area contributed by atoms with Crippen molar-refractivity contribution in [1.82, 2.24) is 20.4 Å². The smallest absolute Gasteiger partial charge is 0.272 e. The fourth-order valence-corrected chi connectivity index (χ4v) is 3.63. The topological polar surface area (TPSA) is 76.0 Å². The molecule has 1 aromatic carbocycles. The Morgan fingerprint density at radius 3 is 2.59 bits per heavy atom. The molecule has 0 bridgehead atoms. The predicted octanol–water partition coefficient (Wildman–Crippen LogP) is 2.64. The predicted molar refractivity (Wildman–Crippen MR) is 104 cm³/mol.